The highest BCUT2D eigenvalue weighted by Gasteiger charge is 2.13. The summed E-state index contributed by atoms with van der Waals surface area (Å²) in [5.74, 6) is 0.277. The number of primary amides is 1. The van der Waals surface area contributed by atoms with Gasteiger partial charge in [0.2, 0.25) is 0 Å². The zero-order chi connectivity index (χ0) is 18.4. The fourth-order valence-corrected chi connectivity index (χ4v) is 2.32. The summed E-state index contributed by atoms with van der Waals surface area (Å²) in [6, 6.07) is 11.3. The standard InChI is InChI=1S/C19H21ClN2O3/c1-12(2)9-10-25-15-6-3-13(4-7-15)19(24)22-17-11-14(20)5-8-16(17)18(21)23/h3-8,11-12H,9-10H2,1-2H3,(H2,21,23)(H,22,24). The number of halogens is 1. The zero-order valence-electron chi connectivity index (χ0n) is 14.2. The summed E-state index contributed by atoms with van der Waals surface area (Å²) in [6.07, 6.45) is 0.965. The van der Waals surface area contributed by atoms with E-state index >= 15 is 0 Å². The molecule has 0 spiro atoms. The SMILES string of the molecule is CC(C)CCOc1ccc(C(=O)Nc2cc(Cl)ccc2C(N)=O)cc1. The Kier molecular flexibility index (Phi) is 6.42. The van der Waals surface area contributed by atoms with Crippen molar-refractivity contribution in [3.05, 3.63) is 58.6 Å². The van der Waals surface area contributed by atoms with E-state index in [-0.39, 0.29) is 17.2 Å². The fourth-order valence-electron chi connectivity index (χ4n) is 2.14. The average molecular weight is 361 g/mol. The van der Waals surface area contributed by atoms with Gasteiger partial charge in [-0.05, 0) is 54.8 Å². The van der Waals surface area contributed by atoms with E-state index in [9.17, 15) is 9.59 Å². The summed E-state index contributed by atoms with van der Waals surface area (Å²) in [5, 5.41) is 3.06. The van der Waals surface area contributed by atoms with Crippen LogP contribution in [0.4, 0.5) is 5.69 Å². The van der Waals surface area contributed by atoms with Crippen LogP contribution < -0.4 is 15.8 Å². The Hall–Kier alpha value is -2.53. The van der Waals surface area contributed by atoms with Crippen LogP contribution in [0.25, 0.3) is 0 Å². The number of anilines is 1. The Bertz CT molecular complexity index is 758. The van der Waals surface area contributed by atoms with Gasteiger partial charge in [0.15, 0.2) is 0 Å². The summed E-state index contributed by atoms with van der Waals surface area (Å²) < 4.78 is 5.63. The van der Waals surface area contributed by atoms with E-state index in [4.69, 9.17) is 22.1 Å². The summed E-state index contributed by atoms with van der Waals surface area (Å²) >= 11 is 5.92. The normalized spacial score (nSPS) is 10.6. The minimum atomic E-state index is -0.638. The molecular formula is C19H21ClN2O3. The van der Waals surface area contributed by atoms with Crippen LogP contribution >= 0.6 is 11.6 Å². The van der Waals surface area contributed by atoms with E-state index in [1.807, 2.05) is 0 Å². The molecule has 0 aliphatic heterocycles. The predicted molar refractivity (Wildman–Crippen MR) is 99.3 cm³/mol. The Morgan fingerprint density at radius 3 is 2.44 bits per heavy atom. The summed E-state index contributed by atoms with van der Waals surface area (Å²) in [4.78, 5) is 23.8. The number of carbonyl (C=O) groups excluding carboxylic acids is 2. The van der Waals surface area contributed by atoms with Crippen LogP contribution in [-0.4, -0.2) is 18.4 Å². The van der Waals surface area contributed by atoms with E-state index in [1.54, 1.807) is 30.3 Å². The van der Waals surface area contributed by atoms with Gasteiger partial charge in [0.25, 0.3) is 11.8 Å². The Labute approximate surface area is 152 Å². The molecule has 5 nitrogen and oxygen atoms in total. The largest absolute Gasteiger partial charge is 0.494 e. The summed E-state index contributed by atoms with van der Waals surface area (Å²) in [5.41, 5.74) is 6.23. The van der Waals surface area contributed by atoms with Gasteiger partial charge in [0.1, 0.15) is 5.75 Å². The minimum absolute atomic E-state index is 0.200. The number of ether oxygens (including phenoxy) is 1. The summed E-state index contributed by atoms with van der Waals surface area (Å²) in [7, 11) is 0. The lowest BCUT2D eigenvalue weighted by Crippen LogP contribution is -2.18. The number of hydrogen-bond donors (Lipinski definition) is 2. The van der Waals surface area contributed by atoms with Crippen molar-refractivity contribution < 1.29 is 14.3 Å². The first-order chi connectivity index (χ1) is 11.9. The molecule has 25 heavy (non-hydrogen) atoms. The molecule has 132 valence electrons. The van der Waals surface area contributed by atoms with E-state index in [0.29, 0.717) is 28.9 Å². The summed E-state index contributed by atoms with van der Waals surface area (Å²) in [6.45, 7) is 4.90. The third-order valence-electron chi connectivity index (χ3n) is 3.58. The second kappa shape index (κ2) is 8.53. The number of benzene rings is 2. The molecule has 0 unspecified atom stereocenters. The molecule has 0 aromatic heterocycles. The number of nitrogens with one attached hydrogen (secondary N) is 1. The molecule has 2 aromatic carbocycles. The lowest BCUT2D eigenvalue weighted by Gasteiger charge is -2.11. The van der Waals surface area contributed by atoms with Crippen molar-refractivity contribution >= 4 is 29.1 Å². The molecule has 0 aliphatic rings. The van der Waals surface area contributed by atoms with Crippen molar-refractivity contribution in [2.24, 2.45) is 11.7 Å². The minimum Gasteiger partial charge on any atom is -0.494 e. The van der Waals surface area contributed by atoms with Gasteiger partial charge < -0.3 is 15.8 Å². The van der Waals surface area contributed by atoms with Crippen molar-refractivity contribution in [1.29, 1.82) is 0 Å². The maximum atomic E-state index is 12.4. The van der Waals surface area contributed by atoms with Gasteiger partial charge in [-0.15, -0.1) is 0 Å². The third kappa shape index (κ3) is 5.50. The first kappa shape index (κ1) is 18.8. The van der Waals surface area contributed by atoms with Crippen LogP contribution in [0.1, 0.15) is 41.0 Å². The number of amides is 2. The second-order valence-electron chi connectivity index (χ2n) is 6.06. The van der Waals surface area contributed by atoms with Gasteiger partial charge in [-0.1, -0.05) is 25.4 Å². The zero-order valence-corrected chi connectivity index (χ0v) is 15.0. The number of carbonyl (C=O) groups is 2. The quantitative estimate of drug-likeness (QED) is 0.779. The van der Waals surface area contributed by atoms with Crippen LogP contribution in [0.5, 0.6) is 5.75 Å². The van der Waals surface area contributed by atoms with Crippen molar-refractivity contribution in [3.63, 3.8) is 0 Å². The Balaban J connectivity index is 2.06. The molecule has 0 bridgehead atoms. The molecule has 2 aromatic rings. The molecule has 0 aliphatic carbocycles. The predicted octanol–water partition coefficient (Wildman–Crippen LogP) is 4.12. The number of rotatable bonds is 7. The lowest BCUT2D eigenvalue weighted by atomic mass is 10.1. The first-order valence-corrected chi connectivity index (χ1v) is 8.38. The van der Waals surface area contributed by atoms with Crippen LogP contribution in [0.15, 0.2) is 42.5 Å². The van der Waals surface area contributed by atoms with Gasteiger partial charge in [0.05, 0.1) is 17.9 Å². The highest BCUT2D eigenvalue weighted by Crippen LogP contribution is 2.22. The van der Waals surface area contributed by atoms with Gasteiger partial charge >= 0.3 is 0 Å². The van der Waals surface area contributed by atoms with Crippen molar-refractivity contribution in [3.8, 4) is 5.75 Å². The van der Waals surface area contributed by atoms with E-state index in [1.165, 1.54) is 12.1 Å². The lowest BCUT2D eigenvalue weighted by molar-refractivity contribution is 0.100. The molecule has 0 saturated carbocycles. The molecule has 6 heteroatoms. The van der Waals surface area contributed by atoms with Crippen LogP contribution in [-0.2, 0) is 0 Å². The second-order valence-corrected chi connectivity index (χ2v) is 6.50. The fraction of sp³-hybridized carbons (Fsp3) is 0.263. The van der Waals surface area contributed by atoms with E-state index < -0.39 is 5.91 Å². The molecule has 2 amide bonds. The molecule has 0 saturated heterocycles. The number of hydrogen-bond acceptors (Lipinski definition) is 3. The molecule has 0 fully saturated rings. The highest BCUT2D eigenvalue weighted by molar-refractivity contribution is 6.31. The van der Waals surface area contributed by atoms with Crippen molar-refractivity contribution in [2.75, 3.05) is 11.9 Å². The third-order valence-corrected chi connectivity index (χ3v) is 3.81. The van der Waals surface area contributed by atoms with Crippen LogP contribution in [0.2, 0.25) is 5.02 Å². The van der Waals surface area contributed by atoms with Gasteiger partial charge in [0, 0.05) is 10.6 Å². The highest BCUT2D eigenvalue weighted by atomic mass is 35.5. The van der Waals surface area contributed by atoms with Gasteiger partial charge in [-0.2, -0.15) is 0 Å². The molecule has 2 rings (SSSR count). The monoisotopic (exact) mass is 360 g/mol. The molecular weight excluding hydrogens is 340 g/mol. The Morgan fingerprint density at radius 1 is 1.16 bits per heavy atom. The molecule has 0 radical (unpaired) electrons. The average Bonchev–Trinajstić information content (AvgIpc) is 2.55. The maximum Gasteiger partial charge on any atom is 0.255 e. The Morgan fingerprint density at radius 2 is 1.84 bits per heavy atom. The molecule has 0 heterocycles. The molecule has 3 N–H and O–H groups in total. The first-order valence-electron chi connectivity index (χ1n) is 8.00. The van der Waals surface area contributed by atoms with Gasteiger partial charge in [-0.25, -0.2) is 0 Å². The molecule has 0 atom stereocenters. The van der Waals surface area contributed by atoms with Gasteiger partial charge in [-0.3, -0.25) is 9.59 Å². The smallest absolute Gasteiger partial charge is 0.255 e. The van der Waals surface area contributed by atoms with Crippen molar-refractivity contribution in [1.82, 2.24) is 0 Å². The van der Waals surface area contributed by atoms with Crippen LogP contribution in [0, 0.1) is 5.92 Å². The maximum absolute atomic E-state index is 12.4. The number of nitrogens with two attached hydrogens (primary N) is 1. The van der Waals surface area contributed by atoms with E-state index in [0.717, 1.165) is 6.42 Å². The van der Waals surface area contributed by atoms with Crippen LogP contribution in [0.3, 0.4) is 0 Å². The topological polar surface area (TPSA) is 81.4 Å². The van der Waals surface area contributed by atoms with E-state index in [2.05, 4.69) is 19.2 Å². The van der Waals surface area contributed by atoms with Crippen molar-refractivity contribution in [2.45, 2.75) is 20.3 Å².